The smallest absolute Gasteiger partial charge is 0.163 e. The largest absolute Gasteiger partial charge is 0.490 e. The molecule has 0 saturated heterocycles. The van der Waals surface area contributed by atoms with Crippen molar-refractivity contribution >= 4 is 5.78 Å². The molecule has 0 aliphatic heterocycles. The minimum Gasteiger partial charge on any atom is -0.490 e. The van der Waals surface area contributed by atoms with Crippen LogP contribution in [0.2, 0.25) is 0 Å². The third-order valence-corrected chi connectivity index (χ3v) is 3.70. The van der Waals surface area contributed by atoms with Gasteiger partial charge in [-0.3, -0.25) is 4.79 Å². The SMILES string of the molecule is CC(=O)c1ccccc1OC1CC(C)CC(C)C1. The van der Waals surface area contributed by atoms with Crippen molar-refractivity contribution in [3.63, 3.8) is 0 Å². The van der Waals surface area contributed by atoms with Crippen LogP contribution in [-0.4, -0.2) is 11.9 Å². The van der Waals surface area contributed by atoms with Gasteiger partial charge in [-0.05, 0) is 50.2 Å². The second kappa shape index (κ2) is 5.55. The molecule has 1 saturated carbocycles. The highest BCUT2D eigenvalue weighted by Gasteiger charge is 2.25. The van der Waals surface area contributed by atoms with Gasteiger partial charge in [-0.25, -0.2) is 0 Å². The van der Waals surface area contributed by atoms with E-state index in [1.807, 2.05) is 24.3 Å². The molecule has 0 spiro atoms. The molecule has 98 valence electrons. The molecular weight excluding hydrogens is 224 g/mol. The van der Waals surface area contributed by atoms with Crippen LogP contribution in [0.1, 0.15) is 50.4 Å². The van der Waals surface area contributed by atoms with E-state index >= 15 is 0 Å². The molecule has 0 amide bonds. The minimum absolute atomic E-state index is 0.0718. The molecule has 2 unspecified atom stereocenters. The van der Waals surface area contributed by atoms with Crippen molar-refractivity contribution in [3.8, 4) is 5.75 Å². The van der Waals surface area contributed by atoms with Gasteiger partial charge in [0.1, 0.15) is 5.75 Å². The van der Waals surface area contributed by atoms with E-state index in [1.165, 1.54) is 6.42 Å². The summed E-state index contributed by atoms with van der Waals surface area (Å²) in [7, 11) is 0. The van der Waals surface area contributed by atoms with Crippen molar-refractivity contribution in [3.05, 3.63) is 29.8 Å². The molecule has 0 aromatic heterocycles. The third kappa shape index (κ3) is 3.12. The molecule has 1 aliphatic carbocycles. The molecule has 18 heavy (non-hydrogen) atoms. The van der Waals surface area contributed by atoms with Crippen LogP contribution in [0.3, 0.4) is 0 Å². The molecule has 1 aliphatic rings. The Kier molecular flexibility index (Phi) is 4.05. The molecule has 2 rings (SSSR count). The minimum atomic E-state index is 0.0718. The Balaban J connectivity index is 2.11. The zero-order valence-electron chi connectivity index (χ0n) is 11.5. The lowest BCUT2D eigenvalue weighted by Gasteiger charge is -2.32. The lowest BCUT2D eigenvalue weighted by molar-refractivity contribution is 0.0941. The average molecular weight is 246 g/mol. The van der Waals surface area contributed by atoms with Crippen LogP contribution in [0.15, 0.2) is 24.3 Å². The number of benzene rings is 1. The van der Waals surface area contributed by atoms with Crippen LogP contribution >= 0.6 is 0 Å². The summed E-state index contributed by atoms with van der Waals surface area (Å²) in [5.41, 5.74) is 0.698. The molecule has 0 N–H and O–H groups in total. The van der Waals surface area contributed by atoms with Gasteiger partial charge in [0.2, 0.25) is 0 Å². The van der Waals surface area contributed by atoms with Gasteiger partial charge >= 0.3 is 0 Å². The Hall–Kier alpha value is -1.31. The second-order valence-corrected chi connectivity index (χ2v) is 5.71. The Morgan fingerprint density at radius 1 is 1.11 bits per heavy atom. The van der Waals surface area contributed by atoms with Gasteiger partial charge in [-0.2, -0.15) is 0 Å². The standard InChI is InChI=1S/C16H22O2/c1-11-8-12(2)10-14(9-11)18-16-7-5-4-6-15(16)13(3)17/h4-7,11-12,14H,8-10H2,1-3H3. The Morgan fingerprint density at radius 3 is 2.33 bits per heavy atom. The molecular formula is C16H22O2. The van der Waals surface area contributed by atoms with Crippen molar-refractivity contribution in [2.75, 3.05) is 0 Å². The molecule has 0 heterocycles. The third-order valence-electron chi connectivity index (χ3n) is 3.70. The van der Waals surface area contributed by atoms with E-state index in [4.69, 9.17) is 4.74 Å². The number of hydrogen-bond acceptors (Lipinski definition) is 2. The lowest BCUT2D eigenvalue weighted by Crippen LogP contribution is -2.28. The Morgan fingerprint density at radius 2 is 1.72 bits per heavy atom. The lowest BCUT2D eigenvalue weighted by atomic mass is 9.82. The van der Waals surface area contributed by atoms with E-state index < -0.39 is 0 Å². The molecule has 2 heteroatoms. The molecule has 1 aromatic rings. The molecule has 1 aromatic carbocycles. The maximum Gasteiger partial charge on any atom is 0.163 e. The maximum atomic E-state index is 11.6. The zero-order chi connectivity index (χ0) is 13.1. The number of Topliss-reactive ketones (excluding diaryl/α,β-unsaturated/α-hetero) is 1. The Bertz CT molecular complexity index is 415. The zero-order valence-corrected chi connectivity index (χ0v) is 11.5. The predicted molar refractivity (Wildman–Crippen MR) is 73.0 cm³/mol. The summed E-state index contributed by atoms with van der Waals surface area (Å²) >= 11 is 0. The van der Waals surface area contributed by atoms with Crippen LogP contribution in [0.4, 0.5) is 0 Å². The highest BCUT2D eigenvalue weighted by molar-refractivity contribution is 5.96. The van der Waals surface area contributed by atoms with E-state index in [0.29, 0.717) is 17.4 Å². The van der Waals surface area contributed by atoms with Crippen molar-refractivity contribution in [1.29, 1.82) is 0 Å². The number of carbonyl (C=O) groups is 1. The maximum absolute atomic E-state index is 11.6. The van der Waals surface area contributed by atoms with Crippen LogP contribution in [-0.2, 0) is 0 Å². The van der Waals surface area contributed by atoms with E-state index in [9.17, 15) is 4.79 Å². The number of ketones is 1. The van der Waals surface area contributed by atoms with Crippen LogP contribution < -0.4 is 4.74 Å². The van der Waals surface area contributed by atoms with Gasteiger partial charge in [-0.15, -0.1) is 0 Å². The van der Waals surface area contributed by atoms with E-state index in [0.717, 1.165) is 18.6 Å². The first-order valence-electron chi connectivity index (χ1n) is 6.83. The summed E-state index contributed by atoms with van der Waals surface area (Å²) in [5.74, 6) is 2.24. The van der Waals surface area contributed by atoms with Gasteiger partial charge in [0.05, 0.1) is 11.7 Å². The highest BCUT2D eigenvalue weighted by atomic mass is 16.5. The van der Waals surface area contributed by atoms with E-state index in [-0.39, 0.29) is 11.9 Å². The van der Waals surface area contributed by atoms with Crippen molar-refractivity contribution < 1.29 is 9.53 Å². The summed E-state index contributed by atoms with van der Waals surface area (Å²) in [6.45, 7) is 6.15. The van der Waals surface area contributed by atoms with Gasteiger partial charge in [0.15, 0.2) is 5.78 Å². The van der Waals surface area contributed by atoms with Crippen molar-refractivity contribution in [1.82, 2.24) is 0 Å². The summed E-state index contributed by atoms with van der Waals surface area (Å²) in [5, 5.41) is 0. The summed E-state index contributed by atoms with van der Waals surface area (Å²) in [6, 6.07) is 7.56. The Labute approximate surface area is 109 Å². The first-order chi connectivity index (χ1) is 8.56. The number of ether oxygens (including phenoxy) is 1. The van der Waals surface area contributed by atoms with Crippen molar-refractivity contribution in [2.45, 2.75) is 46.1 Å². The fourth-order valence-corrected chi connectivity index (χ4v) is 3.01. The number of rotatable bonds is 3. The second-order valence-electron chi connectivity index (χ2n) is 5.71. The topological polar surface area (TPSA) is 26.3 Å². The molecule has 2 atom stereocenters. The monoisotopic (exact) mass is 246 g/mol. The van der Waals surface area contributed by atoms with Crippen molar-refractivity contribution in [2.24, 2.45) is 11.8 Å². The van der Waals surface area contributed by atoms with E-state index in [2.05, 4.69) is 13.8 Å². The van der Waals surface area contributed by atoms with Gasteiger partial charge < -0.3 is 4.74 Å². The molecule has 1 fully saturated rings. The fraction of sp³-hybridized carbons (Fsp3) is 0.562. The first kappa shape index (κ1) is 13.1. The molecule has 2 nitrogen and oxygen atoms in total. The van der Waals surface area contributed by atoms with Gasteiger partial charge in [0.25, 0.3) is 0 Å². The normalized spacial score (nSPS) is 27.8. The van der Waals surface area contributed by atoms with Gasteiger partial charge in [-0.1, -0.05) is 26.0 Å². The van der Waals surface area contributed by atoms with E-state index in [1.54, 1.807) is 6.92 Å². The van der Waals surface area contributed by atoms with Crippen LogP contribution in [0, 0.1) is 11.8 Å². The average Bonchev–Trinajstić information content (AvgIpc) is 2.27. The fourth-order valence-electron chi connectivity index (χ4n) is 3.01. The first-order valence-corrected chi connectivity index (χ1v) is 6.83. The predicted octanol–water partition coefficient (Wildman–Crippen LogP) is 4.09. The molecule has 0 bridgehead atoms. The van der Waals surface area contributed by atoms with Crippen LogP contribution in [0.25, 0.3) is 0 Å². The number of para-hydroxylation sites is 1. The quantitative estimate of drug-likeness (QED) is 0.751. The molecule has 0 radical (unpaired) electrons. The summed E-state index contributed by atoms with van der Waals surface area (Å²) < 4.78 is 6.07. The highest BCUT2D eigenvalue weighted by Crippen LogP contribution is 2.32. The number of carbonyl (C=O) groups excluding carboxylic acids is 1. The van der Waals surface area contributed by atoms with Crippen LogP contribution in [0.5, 0.6) is 5.75 Å². The summed E-state index contributed by atoms with van der Waals surface area (Å²) in [6.07, 6.45) is 3.73. The van der Waals surface area contributed by atoms with Gasteiger partial charge in [0, 0.05) is 0 Å². The number of hydrogen-bond donors (Lipinski definition) is 0. The summed E-state index contributed by atoms with van der Waals surface area (Å²) in [4.78, 5) is 11.6.